The number of aryl methyl sites for hydroxylation is 1. The molecule has 0 heterocycles. The molecule has 2 N–H and O–H groups in total. The molecule has 4 nitrogen and oxygen atoms in total. The van der Waals surface area contributed by atoms with Crippen molar-refractivity contribution in [1.29, 1.82) is 0 Å². The first-order valence-electron chi connectivity index (χ1n) is 6.38. The molecule has 0 aliphatic heterocycles. The monoisotopic (exact) mass is 265 g/mol. The molecule has 0 spiro atoms. The summed E-state index contributed by atoms with van der Waals surface area (Å²) in [7, 11) is 1.32. The number of methoxy groups -OCH3 is 1. The molecule has 1 atom stereocenters. The van der Waals surface area contributed by atoms with Crippen LogP contribution in [0.2, 0.25) is 0 Å². The van der Waals surface area contributed by atoms with E-state index in [1.54, 1.807) is 6.92 Å². The van der Waals surface area contributed by atoms with Crippen LogP contribution in [0.15, 0.2) is 18.2 Å². The van der Waals surface area contributed by atoms with Crippen LogP contribution < -0.4 is 10.5 Å². The molecule has 0 saturated carbocycles. The second-order valence-electron chi connectivity index (χ2n) is 5.39. The zero-order chi connectivity index (χ0) is 14.6. The van der Waals surface area contributed by atoms with Gasteiger partial charge in [-0.1, -0.05) is 26.0 Å². The Morgan fingerprint density at radius 2 is 2.05 bits per heavy atom. The molecule has 0 aliphatic rings. The third-order valence-corrected chi connectivity index (χ3v) is 2.97. The van der Waals surface area contributed by atoms with E-state index >= 15 is 0 Å². The summed E-state index contributed by atoms with van der Waals surface area (Å²) in [4.78, 5) is 11.5. The maximum atomic E-state index is 11.5. The Hall–Kier alpha value is -1.55. The Morgan fingerprint density at radius 3 is 2.58 bits per heavy atom. The zero-order valence-electron chi connectivity index (χ0n) is 12.3. The van der Waals surface area contributed by atoms with Gasteiger partial charge in [0.05, 0.1) is 7.11 Å². The largest absolute Gasteiger partial charge is 0.491 e. The molecule has 0 radical (unpaired) electrons. The summed E-state index contributed by atoms with van der Waals surface area (Å²) in [5.41, 5.74) is 6.95. The second kappa shape index (κ2) is 6.06. The van der Waals surface area contributed by atoms with Gasteiger partial charge in [-0.2, -0.15) is 0 Å². The van der Waals surface area contributed by atoms with Crippen LogP contribution in [-0.4, -0.2) is 25.2 Å². The summed E-state index contributed by atoms with van der Waals surface area (Å²) in [5.74, 6) is 0.639. The fourth-order valence-electron chi connectivity index (χ4n) is 1.76. The Balaban J connectivity index is 2.88. The molecule has 0 bridgehead atoms. The number of carbonyl (C=O) groups excluding carboxylic acids is 1. The topological polar surface area (TPSA) is 61.5 Å². The van der Waals surface area contributed by atoms with Crippen LogP contribution in [0, 0.1) is 6.92 Å². The Kier molecular flexibility index (Phi) is 4.95. The van der Waals surface area contributed by atoms with Crippen LogP contribution in [0.1, 0.15) is 37.8 Å². The van der Waals surface area contributed by atoms with E-state index in [2.05, 4.69) is 18.6 Å². The molecule has 106 valence electrons. The molecular formula is C15H23NO3. The summed E-state index contributed by atoms with van der Waals surface area (Å²) < 4.78 is 10.4. The Labute approximate surface area is 114 Å². The highest BCUT2D eigenvalue weighted by molar-refractivity contribution is 5.80. The Bertz CT molecular complexity index is 453. The fraction of sp³-hybridized carbons (Fsp3) is 0.533. The molecule has 0 amide bonds. The van der Waals surface area contributed by atoms with Crippen molar-refractivity contribution in [1.82, 2.24) is 0 Å². The van der Waals surface area contributed by atoms with Gasteiger partial charge < -0.3 is 15.2 Å². The number of ether oxygens (including phenoxy) is 2. The van der Waals surface area contributed by atoms with E-state index < -0.39 is 11.5 Å². The molecule has 0 aliphatic carbocycles. The first-order chi connectivity index (χ1) is 8.77. The SMILES string of the molecule is COC(=O)C(C)(N)COc1cc(C)ccc1C(C)C. The van der Waals surface area contributed by atoms with Crippen molar-refractivity contribution >= 4 is 5.97 Å². The predicted molar refractivity (Wildman–Crippen MR) is 75.4 cm³/mol. The van der Waals surface area contributed by atoms with Gasteiger partial charge in [-0.25, -0.2) is 4.79 Å². The third kappa shape index (κ3) is 3.96. The number of carbonyl (C=O) groups is 1. The van der Waals surface area contributed by atoms with Crippen LogP contribution in [-0.2, 0) is 9.53 Å². The highest BCUT2D eigenvalue weighted by atomic mass is 16.5. The standard InChI is InChI=1S/C15H23NO3/c1-10(2)12-7-6-11(3)8-13(12)19-9-15(4,16)14(17)18-5/h6-8,10H,9,16H2,1-5H3. The summed E-state index contributed by atoms with van der Waals surface area (Å²) >= 11 is 0. The number of hydrogen-bond acceptors (Lipinski definition) is 4. The van der Waals surface area contributed by atoms with Crippen molar-refractivity contribution in [3.63, 3.8) is 0 Å². The predicted octanol–water partition coefficient (Wildman–Crippen LogP) is 2.39. The van der Waals surface area contributed by atoms with Crippen LogP contribution >= 0.6 is 0 Å². The summed E-state index contributed by atoms with van der Waals surface area (Å²) in [5, 5.41) is 0. The lowest BCUT2D eigenvalue weighted by atomic mass is 10.0. The quantitative estimate of drug-likeness (QED) is 0.830. The lowest BCUT2D eigenvalue weighted by Crippen LogP contribution is -2.50. The van der Waals surface area contributed by atoms with Gasteiger partial charge in [0.2, 0.25) is 0 Å². The van der Waals surface area contributed by atoms with Gasteiger partial charge >= 0.3 is 5.97 Å². The molecule has 1 rings (SSSR count). The molecular weight excluding hydrogens is 242 g/mol. The van der Waals surface area contributed by atoms with E-state index in [9.17, 15) is 4.79 Å². The van der Waals surface area contributed by atoms with Crippen molar-refractivity contribution in [3.05, 3.63) is 29.3 Å². The second-order valence-corrected chi connectivity index (χ2v) is 5.39. The molecule has 1 aromatic carbocycles. The van der Waals surface area contributed by atoms with Gasteiger partial charge in [0.15, 0.2) is 0 Å². The number of nitrogens with two attached hydrogens (primary N) is 1. The fourth-order valence-corrected chi connectivity index (χ4v) is 1.76. The minimum atomic E-state index is -1.15. The highest BCUT2D eigenvalue weighted by Gasteiger charge is 2.30. The highest BCUT2D eigenvalue weighted by Crippen LogP contribution is 2.28. The number of rotatable bonds is 5. The van der Waals surface area contributed by atoms with E-state index in [-0.39, 0.29) is 6.61 Å². The van der Waals surface area contributed by atoms with Gasteiger partial charge in [0.25, 0.3) is 0 Å². The molecule has 19 heavy (non-hydrogen) atoms. The minimum Gasteiger partial charge on any atom is -0.491 e. The van der Waals surface area contributed by atoms with Crippen molar-refractivity contribution in [2.24, 2.45) is 5.73 Å². The molecule has 0 aromatic heterocycles. The third-order valence-electron chi connectivity index (χ3n) is 2.97. The summed E-state index contributed by atoms with van der Waals surface area (Å²) in [6, 6.07) is 6.05. The lowest BCUT2D eigenvalue weighted by Gasteiger charge is -2.23. The van der Waals surface area contributed by atoms with E-state index in [1.807, 2.05) is 25.1 Å². The minimum absolute atomic E-state index is 0.0862. The van der Waals surface area contributed by atoms with E-state index in [4.69, 9.17) is 10.5 Å². The van der Waals surface area contributed by atoms with Crippen molar-refractivity contribution in [2.75, 3.05) is 13.7 Å². The van der Waals surface area contributed by atoms with Gasteiger partial charge in [-0.15, -0.1) is 0 Å². The smallest absolute Gasteiger partial charge is 0.329 e. The van der Waals surface area contributed by atoms with Crippen LogP contribution in [0.4, 0.5) is 0 Å². The van der Waals surface area contributed by atoms with Gasteiger partial charge in [0.1, 0.15) is 17.9 Å². The number of esters is 1. The van der Waals surface area contributed by atoms with Gasteiger partial charge in [0, 0.05) is 0 Å². The average Bonchev–Trinajstić information content (AvgIpc) is 2.35. The summed E-state index contributed by atoms with van der Waals surface area (Å²) in [6.45, 7) is 7.88. The number of benzene rings is 1. The van der Waals surface area contributed by atoms with Crippen molar-refractivity contribution in [3.8, 4) is 5.75 Å². The maximum absolute atomic E-state index is 11.5. The van der Waals surface area contributed by atoms with Crippen LogP contribution in [0.5, 0.6) is 5.75 Å². The summed E-state index contributed by atoms with van der Waals surface area (Å²) in [6.07, 6.45) is 0. The first-order valence-corrected chi connectivity index (χ1v) is 6.38. The van der Waals surface area contributed by atoms with Crippen molar-refractivity contribution < 1.29 is 14.3 Å². The average molecular weight is 265 g/mol. The van der Waals surface area contributed by atoms with Gasteiger partial charge in [-0.05, 0) is 37.0 Å². The van der Waals surface area contributed by atoms with Gasteiger partial charge in [-0.3, -0.25) is 0 Å². The van der Waals surface area contributed by atoms with E-state index in [1.165, 1.54) is 7.11 Å². The van der Waals surface area contributed by atoms with Crippen LogP contribution in [0.25, 0.3) is 0 Å². The zero-order valence-corrected chi connectivity index (χ0v) is 12.3. The normalized spacial score (nSPS) is 14.1. The molecule has 1 aromatic rings. The Morgan fingerprint density at radius 1 is 1.42 bits per heavy atom. The molecule has 1 unspecified atom stereocenters. The van der Waals surface area contributed by atoms with Crippen LogP contribution in [0.3, 0.4) is 0 Å². The molecule has 0 saturated heterocycles. The van der Waals surface area contributed by atoms with E-state index in [0.717, 1.165) is 16.9 Å². The molecule has 0 fully saturated rings. The van der Waals surface area contributed by atoms with Crippen molar-refractivity contribution in [2.45, 2.75) is 39.2 Å². The molecule has 4 heteroatoms. The first kappa shape index (κ1) is 15.5. The maximum Gasteiger partial charge on any atom is 0.329 e. The number of hydrogen-bond donors (Lipinski definition) is 1. The lowest BCUT2D eigenvalue weighted by molar-refractivity contribution is -0.147. The van der Waals surface area contributed by atoms with E-state index in [0.29, 0.717) is 5.92 Å².